The van der Waals surface area contributed by atoms with Gasteiger partial charge in [-0.05, 0) is 48.4 Å². The number of carbonyl (C=O) groups is 1. The maximum absolute atomic E-state index is 12.3. The second-order valence-corrected chi connectivity index (χ2v) is 6.40. The van der Waals surface area contributed by atoms with Crippen molar-refractivity contribution in [2.45, 2.75) is 12.8 Å². The highest BCUT2D eigenvalue weighted by Crippen LogP contribution is 2.22. The maximum Gasteiger partial charge on any atom is 0.248 e. The van der Waals surface area contributed by atoms with Crippen molar-refractivity contribution >= 4 is 17.7 Å². The molecule has 7 nitrogen and oxygen atoms in total. The topological polar surface area (TPSA) is 96.7 Å². The minimum atomic E-state index is -0.204. The van der Waals surface area contributed by atoms with Crippen LogP contribution < -0.4 is 5.32 Å². The molecule has 1 aromatic carbocycles. The number of nitrogens with one attached hydrogen (secondary N) is 2. The predicted molar refractivity (Wildman–Crippen MR) is 110 cm³/mol. The molecule has 2 N–H and O–H groups in total. The molecule has 4 aromatic rings. The van der Waals surface area contributed by atoms with Gasteiger partial charge in [-0.15, -0.1) is 10.2 Å². The molecule has 7 heteroatoms. The van der Waals surface area contributed by atoms with Crippen molar-refractivity contribution < 1.29 is 9.21 Å². The number of hydrogen-bond donors (Lipinski definition) is 2. The van der Waals surface area contributed by atoms with Crippen molar-refractivity contribution in [3.8, 4) is 11.3 Å². The van der Waals surface area contributed by atoms with E-state index in [0.29, 0.717) is 12.3 Å². The van der Waals surface area contributed by atoms with Crippen LogP contribution in [0.5, 0.6) is 0 Å². The minimum absolute atomic E-state index is 0.204. The van der Waals surface area contributed by atoms with E-state index >= 15 is 0 Å². The van der Waals surface area contributed by atoms with Crippen LogP contribution >= 0.6 is 0 Å². The summed E-state index contributed by atoms with van der Waals surface area (Å²) in [6, 6.07) is 13.5. The van der Waals surface area contributed by atoms with E-state index in [1.54, 1.807) is 18.5 Å². The lowest BCUT2D eigenvalue weighted by atomic mass is 10.1. The van der Waals surface area contributed by atoms with Crippen LogP contribution in [-0.2, 0) is 17.6 Å². The van der Waals surface area contributed by atoms with E-state index in [1.165, 1.54) is 12.5 Å². The van der Waals surface area contributed by atoms with Gasteiger partial charge in [0.05, 0.1) is 0 Å². The van der Waals surface area contributed by atoms with Gasteiger partial charge in [0.15, 0.2) is 0 Å². The molecule has 0 radical (unpaired) electrons. The average Bonchev–Trinajstić information content (AvgIpc) is 3.46. The van der Waals surface area contributed by atoms with Gasteiger partial charge in [-0.3, -0.25) is 9.78 Å². The van der Waals surface area contributed by atoms with Gasteiger partial charge in [0, 0.05) is 53.6 Å². The molecule has 4 rings (SSSR count). The number of aromatic nitrogens is 4. The van der Waals surface area contributed by atoms with Gasteiger partial charge < -0.3 is 14.7 Å². The molecule has 144 valence electrons. The fraction of sp³-hybridized carbons (Fsp3) is 0.0909. The largest absolute Gasteiger partial charge is 0.428 e. The summed E-state index contributed by atoms with van der Waals surface area (Å²) in [6.07, 6.45) is 11.4. The van der Waals surface area contributed by atoms with Crippen molar-refractivity contribution in [3.05, 3.63) is 90.5 Å². The first-order valence-electron chi connectivity index (χ1n) is 9.19. The summed E-state index contributed by atoms with van der Waals surface area (Å²) in [7, 11) is 0. The molecule has 0 bridgehead atoms. The van der Waals surface area contributed by atoms with E-state index < -0.39 is 0 Å². The minimum Gasteiger partial charge on any atom is -0.428 e. The van der Waals surface area contributed by atoms with Crippen molar-refractivity contribution in [2.75, 3.05) is 5.32 Å². The molecule has 0 saturated heterocycles. The zero-order chi connectivity index (χ0) is 19.9. The number of amides is 1. The van der Waals surface area contributed by atoms with E-state index in [1.807, 2.05) is 48.7 Å². The van der Waals surface area contributed by atoms with Crippen molar-refractivity contribution in [1.82, 2.24) is 20.2 Å². The lowest BCUT2D eigenvalue weighted by Gasteiger charge is -2.05. The fourth-order valence-corrected chi connectivity index (χ4v) is 2.94. The number of H-pyrrole nitrogens is 1. The van der Waals surface area contributed by atoms with Crippen LogP contribution in [0.15, 0.2) is 77.9 Å². The number of carbonyl (C=O) groups excluding carboxylic acids is 1. The first-order chi connectivity index (χ1) is 14.3. The van der Waals surface area contributed by atoms with Crippen LogP contribution in [0.2, 0.25) is 0 Å². The van der Waals surface area contributed by atoms with E-state index in [4.69, 9.17) is 4.42 Å². The number of nitrogens with zero attached hydrogens (tertiary/aromatic N) is 3. The first-order valence-corrected chi connectivity index (χ1v) is 9.19. The summed E-state index contributed by atoms with van der Waals surface area (Å²) in [5.74, 6) is 0.409. The molecule has 0 unspecified atom stereocenters. The number of benzene rings is 1. The Morgan fingerprint density at radius 1 is 1.14 bits per heavy atom. The summed E-state index contributed by atoms with van der Waals surface area (Å²) in [5, 5.41) is 10.4. The van der Waals surface area contributed by atoms with E-state index in [0.717, 1.165) is 34.5 Å². The maximum atomic E-state index is 12.3. The monoisotopic (exact) mass is 385 g/mol. The Morgan fingerprint density at radius 3 is 2.79 bits per heavy atom. The quantitative estimate of drug-likeness (QED) is 0.470. The van der Waals surface area contributed by atoms with Gasteiger partial charge in [0.2, 0.25) is 18.2 Å². The SMILES string of the molecule is O=C(C=Cc1cnccc1-c1ccc[nH]1)Nc1ccc(CCc2nnco2)cc1. The van der Waals surface area contributed by atoms with Gasteiger partial charge in [-0.1, -0.05) is 12.1 Å². The molecule has 3 heterocycles. The molecule has 0 aliphatic carbocycles. The zero-order valence-electron chi connectivity index (χ0n) is 15.6. The number of anilines is 1. The number of pyridine rings is 1. The predicted octanol–water partition coefficient (Wildman–Crippen LogP) is 3.90. The third-order valence-corrected chi connectivity index (χ3v) is 4.41. The van der Waals surface area contributed by atoms with E-state index in [2.05, 4.69) is 25.5 Å². The lowest BCUT2D eigenvalue weighted by molar-refractivity contribution is -0.111. The van der Waals surface area contributed by atoms with Gasteiger partial charge in [0.1, 0.15) is 0 Å². The third-order valence-electron chi connectivity index (χ3n) is 4.41. The van der Waals surface area contributed by atoms with E-state index in [9.17, 15) is 4.79 Å². The van der Waals surface area contributed by atoms with Crippen LogP contribution in [0, 0.1) is 0 Å². The summed E-state index contributed by atoms with van der Waals surface area (Å²) in [5.41, 5.74) is 4.68. The Labute approximate surface area is 167 Å². The number of aromatic amines is 1. The molecule has 0 fully saturated rings. The third kappa shape index (κ3) is 4.84. The molecule has 29 heavy (non-hydrogen) atoms. The zero-order valence-corrected chi connectivity index (χ0v) is 15.6. The second kappa shape index (κ2) is 8.79. The molecule has 1 amide bonds. The Bertz CT molecular complexity index is 1080. The highest BCUT2D eigenvalue weighted by atomic mass is 16.4. The molecule has 0 spiro atoms. The molecule has 0 aliphatic rings. The van der Waals surface area contributed by atoms with Crippen LogP contribution in [0.1, 0.15) is 17.0 Å². The van der Waals surface area contributed by atoms with Gasteiger partial charge in [-0.25, -0.2) is 0 Å². The molecular formula is C22H19N5O2. The van der Waals surface area contributed by atoms with Crippen LogP contribution in [-0.4, -0.2) is 26.1 Å². The molecule has 0 saturated carbocycles. The van der Waals surface area contributed by atoms with Gasteiger partial charge in [-0.2, -0.15) is 0 Å². The van der Waals surface area contributed by atoms with E-state index in [-0.39, 0.29) is 5.91 Å². The molecule has 0 atom stereocenters. The first kappa shape index (κ1) is 18.4. The molecular weight excluding hydrogens is 366 g/mol. The van der Waals surface area contributed by atoms with Gasteiger partial charge in [0.25, 0.3) is 0 Å². The Balaban J connectivity index is 1.36. The normalized spacial score (nSPS) is 11.0. The van der Waals surface area contributed by atoms with Crippen molar-refractivity contribution in [2.24, 2.45) is 0 Å². The Hall–Kier alpha value is -4.00. The standard InChI is InChI=1S/C22H19N5O2/c28-21(9-6-17-14-23-13-11-19(17)20-2-1-12-24-20)26-18-7-3-16(4-8-18)5-10-22-27-25-15-29-22/h1-4,6-9,11-15,24H,5,10H2,(H,26,28). The summed E-state index contributed by atoms with van der Waals surface area (Å²) >= 11 is 0. The van der Waals surface area contributed by atoms with Crippen LogP contribution in [0.4, 0.5) is 5.69 Å². The number of rotatable bonds is 7. The summed E-state index contributed by atoms with van der Waals surface area (Å²) in [6.45, 7) is 0. The fourth-order valence-electron chi connectivity index (χ4n) is 2.94. The van der Waals surface area contributed by atoms with Crippen molar-refractivity contribution in [3.63, 3.8) is 0 Å². The lowest BCUT2D eigenvalue weighted by Crippen LogP contribution is -2.07. The number of aryl methyl sites for hydroxylation is 2. The number of hydrogen-bond acceptors (Lipinski definition) is 5. The smallest absolute Gasteiger partial charge is 0.248 e. The second-order valence-electron chi connectivity index (χ2n) is 6.40. The summed E-state index contributed by atoms with van der Waals surface area (Å²) < 4.78 is 5.13. The molecule has 0 aliphatic heterocycles. The van der Waals surface area contributed by atoms with Gasteiger partial charge >= 0.3 is 0 Å². The summed E-state index contributed by atoms with van der Waals surface area (Å²) in [4.78, 5) is 19.6. The molecule has 3 aromatic heterocycles. The Morgan fingerprint density at radius 2 is 2.03 bits per heavy atom. The Kier molecular flexibility index (Phi) is 5.57. The van der Waals surface area contributed by atoms with Crippen LogP contribution in [0.3, 0.4) is 0 Å². The van der Waals surface area contributed by atoms with Crippen molar-refractivity contribution in [1.29, 1.82) is 0 Å². The highest BCUT2D eigenvalue weighted by Gasteiger charge is 2.05. The van der Waals surface area contributed by atoms with Crippen LogP contribution in [0.25, 0.3) is 17.3 Å². The average molecular weight is 385 g/mol. The highest BCUT2D eigenvalue weighted by molar-refractivity contribution is 6.02.